The molecule has 0 fully saturated rings. The van der Waals surface area contributed by atoms with Crippen LogP contribution in [0.5, 0.6) is 5.75 Å². The van der Waals surface area contributed by atoms with Gasteiger partial charge in [0.25, 0.3) is 0 Å². The molecule has 88 valence electrons. The van der Waals surface area contributed by atoms with Crippen LogP contribution in [0.25, 0.3) is 10.8 Å². The van der Waals surface area contributed by atoms with E-state index in [-0.39, 0.29) is 11.3 Å². The van der Waals surface area contributed by atoms with E-state index in [9.17, 15) is 9.90 Å². The third-order valence-electron chi connectivity index (χ3n) is 2.39. The normalized spacial score (nSPS) is 10.5. The molecule has 2 aromatic carbocycles. The van der Waals surface area contributed by atoms with E-state index < -0.39 is 5.97 Å². The zero-order valence-corrected chi connectivity index (χ0v) is 10.3. The van der Waals surface area contributed by atoms with Crippen molar-refractivity contribution in [2.45, 2.75) is 0 Å². The minimum absolute atomic E-state index is 0.0403. The predicted octanol–water partition coefficient (Wildman–Crippen LogP) is 3.64. The summed E-state index contributed by atoms with van der Waals surface area (Å²) in [7, 11) is 1.28. The summed E-state index contributed by atoms with van der Waals surface area (Å²) in [5, 5.41) is 11.7. The van der Waals surface area contributed by atoms with E-state index in [0.717, 1.165) is 0 Å². The number of phenolic OH excluding ortho intramolecular Hbond substituents is 1. The maximum Gasteiger partial charge on any atom is 0.338 e. The Morgan fingerprint density at radius 1 is 1.18 bits per heavy atom. The van der Waals surface area contributed by atoms with Gasteiger partial charge in [-0.05, 0) is 29.7 Å². The van der Waals surface area contributed by atoms with Crippen molar-refractivity contribution in [2.24, 2.45) is 0 Å². The molecule has 3 nitrogen and oxygen atoms in total. The number of carbonyl (C=O) groups excluding carboxylic acids is 1. The van der Waals surface area contributed by atoms with E-state index in [2.05, 4.69) is 4.74 Å². The van der Waals surface area contributed by atoms with Crippen molar-refractivity contribution in [1.29, 1.82) is 0 Å². The summed E-state index contributed by atoms with van der Waals surface area (Å²) in [6.45, 7) is 0. The Kier molecular flexibility index (Phi) is 3.13. The van der Waals surface area contributed by atoms with Gasteiger partial charge in [-0.3, -0.25) is 0 Å². The average Bonchev–Trinajstić information content (AvgIpc) is 2.30. The van der Waals surface area contributed by atoms with Gasteiger partial charge in [0.05, 0.1) is 22.7 Å². The van der Waals surface area contributed by atoms with Gasteiger partial charge >= 0.3 is 5.97 Å². The lowest BCUT2D eigenvalue weighted by molar-refractivity contribution is 0.0600. The zero-order valence-electron chi connectivity index (χ0n) is 8.83. The van der Waals surface area contributed by atoms with Gasteiger partial charge in [-0.2, -0.15) is 0 Å². The molecule has 0 saturated heterocycles. The van der Waals surface area contributed by atoms with Crippen LogP contribution in [-0.2, 0) is 4.74 Å². The van der Waals surface area contributed by atoms with E-state index in [1.165, 1.54) is 13.2 Å². The summed E-state index contributed by atoms with van der Waals surface area (Å²) in [4.78, 5) is 11.4. The van der Waals surface area contributed by atoms with Crippen molar-refractivity contribution in [3.63, 3.8) is 0 Å². The molecule has 2 rings (SSSR count). The lowest BCUT2D eigenvalue weighted by atomic mass is 10.1. The van der Waals surface area contributed by atoms with Gasteiger partial charge in [-0.25, -0.2) is 4.79 Å². The number of halogens is 2. The SMILES string of the molecule is COC(=O)c1cc(O)c2cc(Cl)c(Cl)cc2c1. The number of phenols is 1. The second kappa shape index (κ2) is 4.43. The highest BCUT2D eigenvalue weighted by Gasteiger charge is 2.11. The summed E-state index contributed by atoms with van der Waals surface area (Å²) in [6, 6.07) is 6.06. The first kappa shape index (κ1) is 12.0. The molecule has 0 heterocycles. The van der Waals surface area contributed by atoms with Crippen molar-refractivity contribution in [3.05, 3.63) is 39.9 Å². The largest absolute Gasteiger partial charge is 0.507 e. The van der Waals surface area contributed by atoms with Crippen LogP contribution in [0.4, 0.5) is 0 Å². The number of fused-ring (bicyclic) bond motifs is 1. The molecule has 0 aliphatic rings. The van der Waals surface area contributed by atoms with E-state index in [4.69, 9.17) is 23.2 Å². The van der Waals surface area contributed by atoms with Gasteiger partial charge in [-0.15, -0.1) is 0 Å². The molecule has 1 N–H and O–H groups in total. The van der Waals surface area contributed by atoms with Crippen LogP contribution in [0, 0.1) is 0 Å². The highest BCUT2D eigenvalue weighted by Crippen LogP contribution is 2.33. The Morgan fingerprint density at radius 3 is 2.47 bits per heavy atom. The third-order valence-corrected chi connectivity index (χ3v) is 3.11. The monoisotopic (exact) mass is 270 g/mol. The molecule has 0 bridgehead atoms. The zero-order chi connectivity index (χ0) is 12.6. The van der Waals surface area contributed by atoms with Crippen LogP contribution >= 0.6 is 23.2 Å². The highest BCUT2D eigenvalue weighted by atomic mass is 35.5. The molecule has 5 heteroatoms. The summed E-state index contributed by atoms with van der Waals surface area (Å²) in [5.74, 6) is -0.560. The number of carbonyl (C=O) groups is 1. The maximum absolute atomic E-state index is 11.4. The Morgan fingerprint density at radius 2 is 1.82 bits per heavy atom. The first-order valence-corrected chi connectivity index (χ1v) is 5.48. The highest BCUT2D eigenvalue weighted by molar-refractivity contribution is 6.42. The first-order valence-electron chi connectivity index (χ1n) is 4.73. The molecule has 0 aliphatic carbocycles. The summed E-state index contributed by atoms with van der Waals surface area (Å²) in [5.41, 5.74) is 0.260. The minimum atomic E-state index is -0.520. The maximum atomic E-state index is 11.4. The van der Waals surface area contributed by atoms with E-state index in [0.29, 0.717) is 20.8 Å². The van der Waals surface area contributed by atoms with Crippen molar-refractivity contribution in [1.82, 2.24) is 0 Å². The van der Waals surface area contributed by atoms with Crippen LogP contribution in [0.2, 0.25) is 10.0 Å². The van der Waals surface area contributed by atoms with Crippen LogP contribution < -0.4 is 0 Å². The predicted molar refractivity (Wildman–Crippen MR) is 67.0 cm³/mol. The summed E-state index contributed by atoms with van der Waals surface area (Å²) < 4.78 is 4.59. The minimum Gasteiger partial charge on any atom is -0.507 e. The van der Waals surface area contributed by atoms with Gasteiger partial charge in [-0.1, -0.05) is 23.2 Å². The quantitative estimate of drug-likeness (QED) is 0.805. The van der Waals surface area contributed by atoms with Gasteiger partial charge in [0, 0.05) is 5.39 Å². The third kappa shape index (κ3) is 2.16. The molecule has 0 atom stereocenters. The van der Waals surface area contributed by atoms with Crippen LogP contribution in [-0.4, -0.2) is 18.2 Å². The second-order valence-electron chi connectivity index (χ2n) is 3.47. The molecule has 17 heavy (non-hydrogen) atoms. The van der Waals surface area contributed by atoms with Gasteiger partial charge in [0.1, 0.15) is 5.75 Å². The fourth-order valence-electron chi connectivity index (χ4n) is 1.57. The molecule has 0 aliphatic heterocycles. The second-order valence-corrected chi connectivity index (χ2v) is 4.29. The number of hydrogen-bond acceptors (Lipinski definition) is 3. The van der Waals surface area contributed by atoms with Crippen molar-refractivity contribution < 1.29 is 14.6 Å². The Balaban J connectivity index is 2.73. The number of aromatic hydroxyl groups is 1. The lowest BCUT2D eigenvalue weighted by Crippen LogP contribution is -2.00. The average molecular weight is 271 g/mol. The lowest BCUT2D eigenvalue weighted by Gasteiger charge is -2.06. The number of esters is 1. The topological polar surface area (TPSA) is 46.5 Å². The summed E-state index contributed by atoms with van der Waals surface area (Å²) >= 11 is 11.7. The van der Waals surface area contributed by atoms with E-state index >= 15 is 0 Å². The Labute approximate surface area is 108 Å². The van der Waals surface area contributed by atoms with Crippen LogP contribution in [0.15, 0.2) is 24.3 Å². The first-order chi connectivity index (χ1) is 8.02. The van der Waals surface area contributed by atoms with Crippen molar-refractivity contribution in [3.8, 4) is 5.75 Å². The van der Waals surface area contributed by atoms with Crippen molar-refractivity contribution in [2.75, 3.05) is 7.11 Å². The standard InChI is InChI=1S/C12H8Cl2O3/c1-17-12(16)7-2-6-3-9(13)10(14)5-8(6)11(15)4-7/h2-5,15H,1H3. The van der Waals surface area contributed by atoms with E-state index in [1.54, 1.807) is 18.2 Å². The number of hydrogen-bond donors (Lipinski definition) is 1. The number of rotatable bonds is 1. The molecule has 2 aromatic rings. The van der Waals surface area contributed by atoms with Gasteiger partial charge < -0.3 is 9.84 Å². The molecule has 0 aromatic heterocycles. The van der Waals surface area contributed by atoms with Crippen molar-refractivity contribution >= 4 is 39.9 Å². The fraction of sp³-hybridized carbons (Fsp3) is 0.0833. The molecule has 0 saturated carbocycles. The van der Waals surface area contributed by atoms with E-state index in [1.807, 2.05) is 0 Å². The summed E-state index contributed by atoms with van der Waals surface area (Å²) in [6.07, 6.45) is 0. The molecule has 0 amide bonds. The molecular formula is C12H8Cl2O3. The smallest absolute Gasteiger partial charge is 0.338 e. The van der Waals surface area contributed by atoms with Crippen LogP contribution in [0.1, 0.15) is 10.4 Å². The molecule has 0 unspecified atom stereocenters. The molecule has 0 spiro atoms. The molecular weight excluding hydrogens is 263 g/mol. The number of benzene rings is 2. The van der Waals surface area contributed by atoms with Gasteiger partial charge in [0.15, 0.2) is 0 Å². The number of ether oxygens (including phenoxy) is 1. The number of methoxy groups -OCH3 is 1. The van der Waals surface area contributed by atoms with Crippen LogP contribution in [0.3, 0.4) is 0 Å². The Hall–Kier alpha value is -1.45. The van der Waals surface area contributed by atoms with Gasteiger partial charge in [0.2, 0.25) is 0 Å². The molecule has 0 radical (unpaired) electrons. The fourth-order valence-corrected chi connectivity index (χ4v) is 1.91. The Bertz CT molecular complexity index is 608.